The molecule has 3 heterocycles. The Kier molecular flexibility index (Phi) is 5.79. The second kappa shape index (κ2) is 8.65. The van der Waals surface area contributed by atoms with Gasteiger partial charge in [-0.05, 0) is 43.1 Å². The summed E-state index contributed by atoms with van der Waals surface area (Å²) in [7, 11) is -3.09. The lowest BCUT2D eigenvalue weighted by Gasteiger charge is -2.23. The van der Waals surface area contributed by atoms with E-state index in [0.29, 0.717) is 10.5 Å². The fourth-order valence-corrected chi connectivity index (χ4v) is 5.02. The van der Waals surface area contributed by atoms with Crippen LogP contribution in [0.15, 0.2) is 72.0 Å². The van der Waals surface area contributed by atoms with Gasteiger partial charge in [-0.3, -0.25) is 4.90 Å². The van der Waals surface area contributed by atoms with Crippen LogP contribution in [0.4, 0.5) is 8.78 Å². The van der Waals surface area contributed by atoms with Crippen molar-refractivity contribution in [3.05, 3.63) is 72.7 Å². The first-order chi connectivity index (χ1) is 16.2. The molecule has 9 heteroatoms. The van der Waals surface area contributed by atoms with Gasteiger partial charge in [0, 0.05) is 35.2 Å². The molecule has 1 atom stereocenters. The fourth-order valence-electron chi connectivity index (χ4n) is 4.35. The van der Waals surface area contributed by atoms with Gasteiger partial charge in [-0.15, -0.1) is 0 Å². The van der Waals surface area contributed by atoms with Crippen LogP contribution in [0.2, 0.25) is 0 Å². The molecule has 34 heavy (non-hydrogen) atoms. The van der Waals surface area contributed by atoms with Gasteiger partial charge < -0.3 is 0 Å². The Morgan fingerprint density at radius 1 is 1.03 bits per heavy atom. The van der Waals surface area contributed by atoms with E-state index in [1.54, 1.807) is 53.4 Å². The Hall–Kier alpha value is -3.01. The summed E-state index contributed by atoms with van der Waals surface area (Å²) in [4.78, 5) is 6.69. The predicted molar refractivity (Wildman–Crippen MR) is 128 cm³/mol. The van der Waals surface area contributed by atoms with Crippen molar-refractivity contribution in [2.24, 2.45) is 0 Å². The van der Waals surface area contributed by atoms with E-state index in [2.05, 4.69) is 10.1 Å². The number of alkyl halides is 2. The van der Waals surface area contributed by atoms with E-state index < -0.39 is 16.1 Å². The van der Waals surface area contributed by atoms with Crippen molar-refractivity contribution < 1.29 is 17.5 Å². The van der Waals surface area contributed by atoms with Crippen LogP contribution in [-0.4, -0.2) is 49.9 Å². The Bertz CT molecular complexity index is 1380. The van der Waals surface area contributed by atoms with Crippen LogP contribution in [0.5, 0.6) is 0 Å². The second-order valence-electron chi connectivity index (χ2n) is 8.76. The largest absolute Gasteiger partial charge is 0.297 e. The summed E-state index contributed by atoms with van der Waals surface area (Å²) in [6.45, 7) is 1.21. The molecule has 0 bridgehead atoms. The van der Waals surface area contributed by atoms with Crippen LogP contribution in [0.3, 0.4) is 0 Å². The molecule has 1 saturated heterocycles. The van der Waals surface area contributed by atoms with Crippen LogP contribution in [0, 0.1) is 0 Å². The van der Waals surface area contributed by atoms with Crippen molar-refractivity contribution in [3.8, 4) is 22.3 Å². The zero-order chi connectivity index (χ0) is 23.9. The Morgan fingerprint density at radius 2 is 1.76 bits per heavy atom. The lowest BCUT2D eigenvalue weighted by atomic mass is 10.0. The predicted octanol–water partition coefficient (Wildman–Crippen LogP) is 5.21. The molecule has 1 N–H and O–H groups in total. The van der Waals surface area contributed by atoms with Crippen molar-refractivity contribution in [1.82, 2.24) is 19.5 Å². The van der Waals surface area contributed by atoms with E-state index >= 15 is 0 Å². The molecule has 0 amide bonds. The molecule has 0 aliphatic carbocycles. The van der Waals surface area contributed by atoms with Crippen LogP contribution >= 0.6 is 0 Å². The van der Waals surface area contributed by atoms with E-state index in [0.717, 1.165) is 48.2 Å². The van der Waals surface area contributed by atoms with Crippen LogP contribution in [0.25, 0.3) is 27.9 Å². The standard InChI is InChI=1S/C25H24F2N4O2S/c1-34(32,33)22-6-4-5-19(13-22)23-15-29-31-16-20(14-28-24(23)31)18-7-9-21(10-8-18)25(26,27)17-30-11-2-3-12-30/h4-10,13-16H,2-3,11-12,17H2,1H3/p+1. The number of rotatable bonds is 6. The summed E-state index contributed by atoms with van der Waals surface area (Å²) in [6.07, 6.45) is 8.36. The number of nitrogens with zero attached hydrogens (tertiary/aromatic N) is 4. The van der Waals surface area contributed by atoms with Gasteiger partial charge in [0.05, 0.1) is 12.7 Å². The summed E-state index contributed by atoms with van der Waals surface area (Å²) >= 11 is 0. The van der Waals surface area contributed by atoms with Crippen LogP contribution in [-0.2, 0) is 20.3 Å². The molecule has 176 valence electrons. The minimum Gasteiger partial charge on any atom is -0.297 e. The van der Waals surface area contributed by atoms with Gasteiger partial charge in [0.1, 0.15) is 6.26 Å². The third-order valence-corrected chi connectivity index (χ3v) is 7.33. The Morgan fingerprint density at radius 3 is 2.47 bits per heavy atom. The summed E-state index contributed by atoms with van der Waals surface area (Å²) in [6, 6.07) is 13.2. The number of fused-ring (bicyclic) bond motifs is 1. The molecule has 6 nitrogen and oxygen atoms in total. The summed E-state index contributed by atoms with van der Waals surface area (Å²) in [5.74, 6) is -2.90. The highest BCUT2D eigenvalue weighted by atomic mass is 32.3. The van der Waals surface area contributed by atoms with E-state index in [4.69, 9.17) is 0 Å². The Balaban J connectivity index is 1.41. The SMILES string of the molecule is C[S+](=O)(O)c1cccc(-c2cnn3cc(-c4ccc(C(F)(F)CN5CCCC5)cc4)cnc23)c1. The minimum absolute atomic E-state index is 0.00910. The number of hydrogen-bond donors (Lipinski definition) is 1. The number of hydrogen-bond acceptors (Lipinski definition) is 4. The van der Waals surface area contributed by atoms with Crippen LogP contribution in [0.1, 0.15) is 18.4 Å². The van der Waals surface area contributed by atoms with E-state index in [9.17, 15) is 17.5 Å². The molecule has 1 aliphatic rings. The monoisotopic (exact) mass is 483 g/mol. The molecule has 2 aromatic heterocycles. The van der Waals surface area contributed by atoms with Crippen LogP contribution < -0.4 is 0 Å². The molecule has 0 saturated carbocycles. The first-order valence-corrected chi connectivity index (χ1v) is 13.0. The highest BCUT2D eigenvalue weighted by Crippen LogP contribution is 2.32. The van der Waals surface area contributed by atoms with Crippen molar-refractivity contribution in [2.75, 3.05) is 25.9 Å². The average Bonchev–Trinajstić information content (AvgIpc) is 3.48. The molecule has 4 aromatic rings. The number of aromatic nitrogens is 3. The highest BCUT2D eigenvalue weighted by Gasteiger charge is 2.34. The van der Waals surface area contributed by atoms with Crippen molar-refractivity contribution >= 4 is 15.9 Å². The van der Waals surface area contributed by atoms with Gasteiger partial charge in [-0.1, -0.05) is 40.6 Å². The number of likely N-dealkylation sites (tertiary alicyclic amines) is 1. The van der Waals surface area contributed by atoms with Gasteiger partial charge in [-0.2, -0.15) is 18.4 Å². The maximum absolute atomic E-state index is 14.7. The third kappa shape index (κ3) is 4.51. The molecule has 2 aromatic carbocycles. The van der Waals surface area contributed by atoms with Gasteiger partial charge >= 0.3 is 0 Å². The van der Waals surface area contributed by atoms with Gasteiger partial charge in [-0.25, -0.2) is 9.50 Å². The first kappa shape index (κ1) is 22.8. The van der Waals surface area contributed by atoms with Crippen molar-refractivity contribution in [2.45, 2.75) is 23.7 Å². The first-order valence-electron chi connectivity index (χ1n) is 11.1. The lowest BCUT2D eigenvalue weighted by Crippen LogP contribution is -2.33. The summed E-state index contributed by atoms with van der Waals surface area (Å²) < 4.78 is 52.9. The minimum atomic E-state index is -3.09. The smallest absolute Gasteiger partial charge is 0.285 e. The molecule has 1 aliphatic heterocycles. The normalized spacial score (nSPS) is 16.7. The third-order valence-electron chi connectivity index (χ3n) is 6.20. The van der Waals surface area contributed by atoms with E-state index in [1.165, 1.54) is 18.4 Å². The maximum atomic E-state index is 14.7. The van der Waals surface area contributed by atoms with Gasteiger partial charge in [0.2, 0.25) is 10.2 Å². The molecule has 5 rings (SSSR count). The fraction of sp³-hybridized carbons (Fsp3) is 0.280. The maximum Gasteiger partial charge on any atom is 0.285 e. The van der Waals surface area contributed by atoms with Crippen molar-refractivity contribution in [3.63, 3.8) is 0 Å². The van der Waals surface area contributed by atoms with Gasteiger partial charge in [0.25, 0.3) is 5.92 Å². The number of halogens is 2. The molecule has 1 unspecified atom stereocenters. The molecule has 0 spiro atoms. The van der Waals surface area contributed by atoms with Crippen molar-refractivity contribution in [1.29, 1.82) is 0 Å². The average molecular weight is 484 g/mol. The molecule has 0 radical (unpaired) electrons. The molecular weight excluding hydrogens is 458 g/mol. The van der Waals surface area contributed by atoms with E-state index in [1.807, 2.05) is 11.0 Å². The zero-order valence-corrected chi connectivity index (χ0v) is 19.5. The van der Waals surface area contributed by atoms with E-state index in [-0.39, 0.29) is 12.1 Å². The Labute approximate surface area is 197 Å². The second-order valence-corrected chi connectivity index (χ2v) is 10.8. The molecular formula is C25H25F2N4O2S+. The van der Waals surface area contributed by atoms with Gasteiger partial charge in [0.15, 0.2) is 10.5 Å². The molecule has 1 fully saturated rings. The topological polar surface area (TPSA) is 70.7 Å². The lowest BCUT2D eigenvalue weighted by molar-refractivity contribution is -0.0327. The number of benzene rings is 2. The summed E-state index contributed by atoms with van der Waals surface area (Å²) in [5, 5.41) is 4.38. The quantitative estimate of drug-likeness (QED) is 0.381. The highest BCUT2D eigenvalue weighted by molar-refractivity contribution is 7.97. The summed E-state index contributed by atoms with van der Waals surface area (Å²) in [5.41, 5.74) is 3.58. The zero-order valence-electron chi connectivity index (χ0n) is 18.7.